The molecule has 1 saturated carbocycles. The zero-order chi connectivity index (χ0) is 12.2. The highest BCUT2D eigenvalue weighted by Crippen LogP contribution is 2.43. The molecular formula is C13H20O3. The first-order valence-electron chi connectivity index (χ1n) is 5.92. The number of carbonyl (C=O) groups excluding carboxylic acids is 1. The third kappa shape index (κ3) is 2.52. The van der Waals surface area contributed by atoms with Gasteiger partial charge < -0.3 is 5.11 Å². The van der Waals surface area contributed by atoms with E-state index in [1.165, 1.54) is 0 Å². The third-order valence-corrected chi connectivity index (χ3v) is 3.74. The van der Waals surface area contributed by atoms with Gasteiger partial charge in [0.2, 0.25) is 0 Å². The molecule has 0 heterocycles. The number of ketones is 1. The zero-order valence-corrected chi connectivity index (χ0v) is 9.87. The molecule has 0 bridgehead atoms. The number of carboxylic acids is 1. The summed E-state index contributed by atoms with van der Waals surface area (Å²) in [5, 5.41) is 8.93. The molecular weight excluding hydrogens is 204 g/mol. The molecule has 3 nitrogen and oxygen atoms in total. The second kappa shape index (κ2) is 5.28. The van der Waals surface area contributed by atoms with Gasteiger partial charge in [-0.2, -0.15) is 0 Å². The highest BCUT2D eigenvalue weighted by Gasteiger charge is 2.40. The SMILES string of the molecule is C=CC[C@]1(C(=O)CC)CC[C@H](C(=O)O)CC1. The maximum Gasteiger partial charge on any atom is 0.306 e. The molecule has 0 aromatic carbocycles. The van der Waals surface area contributed by atoms with Crippen LogP contribution in [0.15, 0.2) is 12.7 Å². The van der Waals surface area contributed by atoms with Gasteiger partial charge in [0.15, 0.2) is 0 Å². The number of carbonyl (C=O) groups is 2. The summed E-state index contributed by atoms with van der Waals surface area (Å²) in [6.45, 7) is 5.57. The lowest BCUT2D eigenvalue weighted by Gasteiger charge is -2.37. The summed E-state index contributed by atoms with van der Waals surface area (Å²) >= 11 is 0. The summed E-state index contributed by atoms with van der Waals surface area (Å²) in [6.07, 6.45) is 5.64. The summed E-state index contributed by atoms with van der Waals surface area (Å²) < 4.78 is 0. The van der Waals surface area contributed by atoms with Crippen molar-refractivity contribution in [3.05, 3.63) is 12.7 Å². The fraction of sp³-hybridized carbons (Fsp3) is 0.692. The second-order valence-corrected chi connectivity index (χ2v) is 4.66. The first-order chi connectivity index (χ1) is 7.55. The monoisotopic (exact) mass is 224 g/mol. The lowest BCUT2D eigenvalue weighted by Crippen LogP contribution is -2.36. The van der Waals surface area contributed by atoms with Crippen LogP contribution in [-0.4, -0.2) is 16.9 Å². The van der Waals surface area contributed by atoms with E-state index in [9.17, 15) is 9.59 Å². The smallest absolute Gasteiger partial charge is 0.306 e. The summed E-state index contributed by atoms with van der Waals surface area (Å²) in [5.74, 6) is -0.727. The standard InChI is InChI=1S/C13H20O3/c1-3-7-13(11(14)4-2)8-5-10(6-9-13)12(15)16/h3,10H,1,4-9H2,2H3,(H,15,16)/t10-,13-. The average molecular weight is 224 g/mol. The lowest BCUT2D eigenvalue weighted by atomic mass is 9.66. The van der Waals surface area contributed by atoms with E-state index in [1.807, 2.05) is 6.92 Å². The first-order valence-corrected chi connectivity index (χ1v) is 5.92. The van der Waals surface area contributed by atoms with Gasteiger partial charge in [-0.3, -0.25) is 9.59 Å². The Hall–Kier alpha value is -1.12. The number of aliphatic carboxylic acids is 1. The molecule has 0 spiro atoms. The van der Waals surface area contributed by atoms with E-state index in [2.05, 4.69) is 6.58 Å². The Kier molecular flexibility index (Phi) is 4.27. The van der Waals surface area contributed by atoms with Gasteiger partial charge in [-0.15, -0.1) is 6.58 Å². The highest BCUT2D eigenvalue weighted by molar-refractivity contribution is 5.85. The van der Waals surface area contributed by atoms with E-state index in [0.29, 0.717) is 38.5 Å². The van der Waals surface area contributed by atoms with Crippen LogP contribution >= 0.6 is 0 Å². The van der Waals surface area contributed by atoms with Crippen molar-refractivity contribution >= 4 is 11.8 Å². The van der Waals surface area contributed by atoms with Crippen LogP contribution in [0, 0.1) is 11.3 Å². The predicted octanol–water partition coefficient (Wildman–Crippen LogP) is 2.80. The number of allylic oxidation sites excluding steroid dienone is 1. The van der Waals surface area contributed by atoms with Gasteiger partial charge in [0, 0.05) is 11.8 Å². The van der Waals surface area contributed by atoms with Gasteiger partial charge in [-0.25, -0.2) is 0 Å². The Bertz CT molecular complexity index is 286. The fourth-order valence-electron chi connectivity index (χ4n) is 2.67. The van der Waals surface area contributed by atoms with Crippen LogP contribution in [0.1, 0.15) is 45.4 Å². The normalized spacial score (nSPS) is 29.7. The molecule has 0 unspecified atom stereocenters. The van der Waals surface area contributed by atoms with E-state index in [1.54, 1.807) is 6.08 Å². The van der Waals surface area contributed by atoms with Gasteiger partial charge in [0.1, 0.15) is 5.78 Å². The molecule has 0 aliphatic heterocycles. The van der Waals surface area contributed by atoms with E-state index in [0.717, 1.165) is 0 Å². The summed E-state index contributed by atoms with van der Waals surface area (Å²) in [6, 6.07) is 0. The molecule has 1 aliphatic rings. The van der Waals surface area contributed by atoms with Crippen molar-refractivity contribution in [1.29, 1.82) is 0 Å². The largest absolute Gasteiger partial charge is 0.481 e. The minimum atomic E-state index is -0.726. The number of rotatable bonds is 5. The topological polar surface area (TPSA) is 54.4 Å². The van der Waals surface area contributed by atoms with E-state index >= 15 is 0 Å². The van der Waals surface area contributed by atoms with Crippen LogP contribution in [0.3, 0.4) is 0 Å². The molecule has 0 atom stereocenters. The molecule has 16 heavy (non-hydrogen) atoms. The Morgan fingerprint density at radius 2 is 2.00 bits per heavy atom. The third-order valence-electron chi connectivity index (χ3n) is 3.74. The zero-order valence-electron chi connectivity index (χ0n) is 9.87. The summed E-state index contributed by atoms with van der Waals surface area (Å²) in [5.41, 5.74) is -0.317. The van der Waals surface area contributed by atoms with Gasteiger partial charge in [0.25, 0.3) is 0 Å². The van der Waals surface area contributed by atoms with Crippen molar-refractivity contribution in [2.75, 3.05) is 0 Å². The van der Waals surface area contributed by atoms with Crippen molar-refractivity contribution < 1.29 is 14.7 Å². The molecule has 1 rings (SSSR count). The molecule has 0 aromatic heterocycles. The van der Waals surface area contributed by atoms with Gasteiger partial charge >= 0.3 is 5.97 Å². The Morgan fingerprint density at radius 3 is 2.38 bits per heavy atom. The molecule has 0 amide bonds. The molecule has 0 aromatic rings. The minimum absolute atomic E-state index is 0.260. The van der Waals surface area contributed by atoms with Crippen LogP contribution in [-0.2, 0) is 9.59 Å². The van der Waals surface area contributed by atoms with Crippen LogP contribution in [0.25, 0.3) is 0 Å². The Balaban J connectivity index is 2.73. The molecule has 1 N–H and O–H groups in total. The van der Waals surface area contributed by atoms with Crippen molar-refractivity contribution in [1.82, 2.24) is 0 Å². The summed E-state index contributed by atoms with van der Waals surface area (Å²) in [4.78, 5) is 22.8. The van der Waals surface area contributed by atoms with Gasteiger partial charge in [-0.05, 0) is 32.1 Å². The van der Waals surface area contributed by atoms with Crippen molar-refractivity contribution in [3.63, 3.8) is 0 Å². The second-order valence-electron chi connectivity index (χ2n) is 4.66. The van der Waals surface area contributed by atoms with Crippen LogP contribution in [0.4, 0.5) is 0 Å². The number of carboxylic acid groups (broad SMARTS) is 1. The summed E-state index contributed by atoms with van der Waals surface area (Å²) in [7, 11) is 0. The Labute approximate surface area is 96.5 Å². The average Bonchev–Trinajstić information content (AvgIpc) is 2.29. The molecule has 1 fully saturated rings. The van der Waals surface area contributed by atoms with Crippen molar-refractivity contribution in [2.24, 2.45) is 11.3 Å². The van der Waals surface area contributed by atoms with Crippen LogP contribution in [0.5, 0.6) is 0 Å². The fourth-order valence-corrected chi connectivity index (χ4v) is 2.67. The predicted molar refractivity (Wildman–Crippen MR) is 62.1 cm³/mol. The lowest BCUT2D eigenvalue weighted by molar-refractivity contribution is -0.145. The molecule has 90 valence electrons. The number of hydrogen-bond donors (Lipinski definition) is 1. The van der Waals surface area contributed by atoms with Crippen LogP contribution < -0.4 is 0 Å². The van der Waals surface area contributed by atoms with Crippen LogP contribution in [0.2, 0.25) is 0 Å². The van der Waals surface area contributed by atoms with Crippen molar-refractivity contribution in [2.45, 2.75) is 45.4 Å². The Morgan fingerprint density at radius 1 is 1.44 bits per heavy atom. The highest BCUT2D eigenvalue weighted by atomic mass is 16.4. The molecule has 0 radical (unpaired) electrons. The number of hydrogen-bond acceptors (Lipinski definition) is 2. The molecule has 1 aliphatic carbocycles. The van der Waals surface area contributed by atoms with Crippen molar-refractivity contribution in [3.8, 4) is 0 Å². The maximum absolute atomic E-state index is 12.0. The van der Waals surface area contributed by atoms with E-state index in [-0.39, 0.29) is 17.1 Å². The van der Waals surface area contributed by atoms with E-state index in [4.69, 9.17) is 5.11 Å². The number of Topliss-reactive ketones (excluding diaryl/α,β-unsaturated/α-hetero) is 1. The quantitative estimate of drug-likeness (QED) is 0.730. The van der Waals surface area contributed by atoms with E-state index < -0.39 is 5.97 Å². The maximum atomic E-state index is 12.0. The molecule has 0 saturated heterocycles. The molecule has 3 heteroatoms. The van der Waals surface area contributed by atoms with Gasteiger partial charge in [0.05, 0.1) is 5.92 Å². The first kappa shape index (κ1) is 12.9. The van der Waals surface area contributed by atoms with Gasteiger partial charge in [-0.1, -0.05) is 13.0 Å². The minimum Gasteiger partial charge on any atom is -0.481 e.